The summed E-state index contributed by atoms with van der Waals surface area (Å²) in [5.74, 6) is 0. The van der Waals surface area contributed by atoms with Crippen molar-refractivity contribution < 1.29 is 14.3 Å². The summed E-state index contributed by atoms with van der Waals surface area (Å²) in [6, 6.07) is 0. The number of halogens is 1. The van der Waals surface area contributed by atoms with Gasteiger partial charge in [0.05, 0.1) is 0 Å². The van der Waals surface area contributed by atoms with Crippen molar-refractivity contribution in [1.82, 2.24) is 0 Å². The van der Waals surface area contributed by atoms with Gasteiger partial charge in [0.25, 0.3) is 0 Å². The fourth-order valence-electron chi connectivity index (χ4n) is 0.916. The molecule has 0 aliphatic heterocycles. The second kappa shape index (κ2) is 5.00. The molecule has 12 heavy (non-hydrogen) atoms. The summed E-state index contributed by atoms with van der Waals surface area (Å²) in [6.07, 6.45) is 0.891. The van der Waals surface area contributed by atoms with Crippen molar-refractivity contribution >= 4 is 24.2 Å². The maximum Gasteiger partial charge on any atom is 0.222 e. The predicted molar refractivity (Wildman–Crippen MR) is 49.9 cm³/mol. The van der Waals surface area contributed by atoms with E-state index in [9.17, 15) is 14.3 Å². The Hall–Kier alpha value is 0.150. The van der Waals surface area contributed by atoms with Crippen LogP contribution in [-0.4, -0.2) is 22.0 Å². The number of hydrogen-bond acceptors (Lipinski definition) is 2. The van der Waals surface area contributed by atoms with E-state index in [0.29, 0.717) is 6.42 Å². The van der Waals surface area contributed by atoms with Crippen LogP contribution in [0.2, 0.25) is 0 Å². The van der Waals surface area contributed by atoms with E-state index in [1.807, 2.05) is 6.92 Å². The van der Waals surface area contributed by atoms with Crippen LogP contribution in [0.4, 0.5) is 0 Å². The monoisotopic (exact) mass is 212 g/mol. The molecule has 0 amide bonds. The maximum atomic E-state index is 11.4. The summed E-state index contributed by atoms with van der Waals surface area (Å²) in [5, 5.41) is -0.548. The van der Waals surface area contributed by atoms with Gasteiger partial charge < -0.3 is 4.89 Å². The Kier molecular flexibility index (Phi) is 5.07. The Morgan fingerprint density at radius 2 is 2.17 bits per heavy atom. The molecule has 0 aliphatic rings. The van der Waals surface area contributed by atoms with E-state index in [1.165, 1.54) is 0 Å². The molecule has 5 heteroatoms. The van der Waals surface area contributed by atoms with Crippen molar-refractivity contribution in [3.63, 3.8) is 0 Å². The minimum absolute atomic E-state index is 0.0185. The number of carbonyl (C=O) groups is 1. The van der Waals surface area contributed by atoms with Gasteiger partial charge in [-0.2, -0.15) is 0 Å². The molecule has 0 aromatic rings. The van der Waals surface area contributed by atoms with Crippen LogP contribution < -0.4 is 0 Å². The normalized spacial score (nSPS) is 18.3. The van der Waals surface area contributed by atoms with Gasteiger partial charge in [0.15, 0.2) is 0 Å². The van der Waals surface area contributed by atoms with E-state index in [2.05, 4.69) is 0 Å². The third-order valence-electron chi connectivity index (χ3n) is 1.69. The summed E-state index contributed by atoms with van der Waals surface area (Å²) in [6.45, 7) is 3.41. The molecule has 0 saturated carbocycles. The van der Waals surface area contributed by atoms with E-state index in [-0.39, 0.29) is 12.6 Å². The van der Waals surface area contributed by atoms with Gasteiger partial charge in [0, 0.05) is 18.2 Å². The molecule has 1 N–H and O–H groups in total. The van der Waals surface area contributed by atoms with E-state index in [1.54, 1.807) is 6.92 Å². The largest absolute Gasteiger partial charge is 0.344 e. The fourth-order valence-corrected chi connectivity index (χ4v) is 2.79. The lowest BCUT2D eigenvalue weighted by atomic mass is 10.4. The highest BCUT2D eigenvalue weighted by Gasteiger charge is 2.26. The minimum Gasteiger partial charge on any atom is -0.344 e. The van der Waals surface area contributed by atoms with Crippen LogP contribution >= 0.6 is 19.0 Å². The summed E-state index contributed by atoms with van der Waals surface area (Å²) in [5.41, 5.74) is -0.512. The van der Waals surface area contributed by atoms with Crippen molar-refractivity contribution in [2.75, 3.05) is 6.16 Å². The second-order valence-corrected chi connectivity index (χ2v) is 6.15. The molecule has 0 heterocycles. The highest BCUT2D eigenvalue weighted by atomic mass is 35.5. The average Bonchev–Trinajstić information content (AvgIpc) is 1.85. The Bertz CT molecular complexity index is 205. The molecule has 0 spiro atoms. The third kappa shape index (κ3) is 4.24. The van der Waals surface area contributed by atoms with E-state index in [4.69, 9.17) is 11.6 Å². The Morgan fingerprint density at radius 3 is 2.50 bits per heavy atom. The lowest BCUT2D eigenvalue weighted by Crippen LogP contribution is -2.09. The van der Waals surface area contributed by atoms with Gasteiger partial charge >= 0.3 is 0 Å². The van der Waals surface area contributed by atoms with Crippen LogP contribution in [0.3, 0.4) is 0 Å². The van der Waals surface area contributed by atoms with Gasteiger partial charge in [-0.15, -0.1) is 0 Å². The van der Waals surface area contributed by atoms with Gasteiger partial charge in [0.2, 0.25) is 12.6 Å². The number of carbonyl (C=O) groups excluding carboxylic acids is 1. The van der Waals surface area contributed by atoms with Crippen molar-refractivity contribution in [1.29, 1.82) is 0 Å². The number of rotatable bonds is 5. The van der Waals surface area contributed by atoms with Gasteiger partial charge in [-0.1, -0.05) is 13.8 Å². The Labute approximate surface area is 77.6 Å². The number of hydrogen-bond donors (Lipinski definition) is 1. The van der Waals surface area contributed by atoms with Gasteiger partial charge in [-0.3, -0.25) is 9.36 Å². The average molecular weight is 213 g/mol. The molecule has 2 atom stereocenters. The summed E-state index contributed by atoms with van der Waals surface area (Å²) in [4.78, 5) is 19.8. The quantitative estimate of drug-likeness (QED) is 0.562. The highest BCUT2D eigenvalue weighted by molar-refractivity contribution is 7.58. The van der Waals surface area contributed by atoms with E-state index < -0.39 is 18.3 Å². The third-order valence-corrected chi connectivity index (χ3v) is 4.49. The van der Waals surface area contributed by atoms with Crippen LogP contribution in [0.1, 0.15) is 26.7 Å². The molecule has 0 saturated heterocycles. The SMILES string of the molecule is CCCP(=O)(O)C(C)CC(=O)Cl. The smallest absolute Gasteiger partial charge is 0.222 e. The van der Waals surface area contributed by atoms with Crippen LogP contribution in [-0.2, 0) is 9.36 Å². The molecular weight excluding hydrogens is 199 g/mol. The van der Waals surface area contributed by atoms with Crippen molar-refractivity contribution in [2.24, 2.45) is 0 Å². The van der Waals surface area contributed by atoms with Crippen LogP contribution in [0.5, 0.6) is 0 Å². The van der Waals surface area contributed by atoms with Crippen LogP contribution in [0.15, 0.2) is 0 Å². The molecule has 3 nitrogen and oxygen atoms in total. The standard InChI is InChI=1S/C7H14ClO3P/c1-3-4-12(10,11)6(2)5-7(8)9/h6H,3-5H2,1-2H3,(H,10,11). The first-order chi connectivity index (χ1) is 5.40. The van der Waals surface area contributed by atoms with Crippen molar-refractivity contribution in [2.45, 2.75) is 32.3 Å². The Balaban J connectivity index is 4.15. The molecular formula is C7H14ClO3P. The molecule has 0 fully saturated rings. The Morgan fingerprint density at radius 1 is 1.67 bits per heavy atom. The second-order valence-electron chi connectivity index (χ2n) is 2.89. The van der Waals surface area contributed by atoms with Crippen molar-refractivity contribution in [3.8, 4) is 0 Å². The molecule has 0 bridgehead atoms. The molecule has 0 aromatic heterocycles. The topological polar surface area (TPSA) is 54.4 Å². The summed E-state index contributed by atoms with van der Waals surface area (Å²) >= 11 is 5.11. The zero-order valence-corrected chi connectivity index (χ0v) is 8.94. The first-order valence-corrected chi connectivity index (χ1v) is 6.19. The predicted octanol–water partition coefficient (Wildman–Crippen LogP) is 2.21. The summed E-state index contributed by atoms with van der Waals surface area (Å²) in [7, 11) is -3.14. The van der Waals surface area contributed by atoms with E-state index >= 15 is 0 Å². The maximum absolute atomic E-state index is 11.4. The first-order valence-electron chi connectivity index (χ1n) is 3.90. The van der Waals surface area contributed by atoms with Gasteiger partial charge in [-0.25, -0.2) is 0 Å². The lowest BCUT2D eigenvalue weighted by molar-refractivity contribution is -0.111. The zero-order valence-electron chi connectivity index (χ0n) is 7.29. The highest BCUT2D eigenvalue weighted by Crippen LogP contribution is 2.48. The molecule has 2 unspecified atom stereocenters. The molecule has 0 radical (unpaired) electrons. The van der Waals surface area contributed by atoms with Crippen molar-refractivity contribution in [3.05, 3.63) is 0 Å². The fraction of sp³-hybridized carbons (Fsp3) is 0.857. The molecule has 72 valence electrons. The van der Waals surface area contributed by atoms with Gasteiger partial charge in [0.1, 0.15) is 0 Å². The summed E-state index contributed by atoms with van der Waals surface area (Å²) < 4.78 is 11.4. The van der Waals surface area contributed by atoms with E-state index in [0.717, 1.165) is 0 Å². The molecule has 0 rings (SSSR count). The lowest BCUT2D eigenvalue weighted by Gasteiger charge is -2.16. The van der Waals surface area contributed by atoms with Crippen LogP contribution in [0, 0.1) is 0 Å². The van der Waals surface area contributed by atoms with Gasteiger partial charge in [-0.05, 0) is 18.0 Å². The zero-order chi connectivity index (χ0) is 9.78. The van der Waals surface area contributed by atoms with Crippen LogP contribution in [0.25, 0.3) is 0 Å². The first kappa shape index (κ1) is 12.2. The minimum atomic E-state index is -3.14. The molecule has 0 aromatic carbocycles. The molecule has 0 aliphatic carbocycles.